The quantitative estimate of drug-likeness (QED) is 0.848. The van der Waals surface area contributed by atoms with Crippen molar-refractivity contribution in [3.05, 3.63) is 23.7 Å². The first-order valence-electron chi connectivity index (χ1n) is 6.76. The van der Waals surface area contributed by atoms with E-state index in [1.807, 2.05) is 0 Å². The molecule has 5 heteroatoms. The molecule has 1 fully saturated rings. The largest absolute Gasteiger partial charge is 0.469 e. The zero-order chi connectivity index (χ0) is 13.7. The zero-order valence-electron chi connectivity index (χ0n) is 11.2. The van der Waals surface area contributed by atoms with Gasteiger partial charge in [-0.1, -0.05) is 0 Å². The summed E-state index contributed by atoms with van der Waals surface area (Å²) in [5.41, 5.74) is 0.565. The maximum Gasteiger partial charge on any atom is 0.255 e. The molecule has 1 aliphatic heterocycles. The molecule has 1 amide bonds. The van der Waals surface area contributed by atoms with Crippen LogP contribution in [0.2, 0.25) is 0 Å². The third-order valence-electron chi connectivity index (χ3n) is 3.70. The van der Waals surface area contributed by atoms with Gasteiger partial charge in [-0.05, 0) is 38.2 Å². The number of ether oxygens (including phenoxy) is 1. The SMILES string of the molecule is Cc1occc1C(=O)NC(CCO)C1CCOCC1. The number of hydrogen-bond donors (Lipinski definition) is 2. The number of furan rings is 1. The molecule has 2 N–H and O–H groups in total. The van der Waals surface area contributed by atoms with E-state index in [-0.39, 0.29) is 18.6 Å². The predicted molar refractivity (Wildman–Crippen MR) is 69.9 cm³/mol. The van der Waals surface area contributed by atoms with Gasteiger partial charge in [0.05, 0.1) is 11.8 Å². The van der Waals surface area contributed by atoms with E-state index in [2.05, 4.69) is 5.32 Å². The summed E-state index contributed by atoms with van der Waals surface area (Å²) in [5.74, 6) is 0.862. The number of carbonyl (C=O) groups is 1. The van der Waals surface area contributed by atoms with Crippen molar-refractivity contribution in [1.82, 2.24) is 5.32 Å². The smallest absolute Gasteiger partial charge is 0.255 e. The van der Waals surface area contributed by atoms with Crippen molar-refractivity contribution in [2.45, 2.75) is 32.2 Å². The van der Waals surface area contributed by atoms with Crippen molar-refractivity contribution in [3.8, 4) is 0 Å². The predicted octanol–water partition coefficient (Wildman–Crippen LogP) is 1.50. The Bertz CT molecular complexity index is 409. The number of carbonyl (C=O) groups excluding carboxylic acids is 1. The molecule has 2 rings (SSSR count). The third kappa shape index (κ3) is 3.58. The van der Waals surface area contributed by atoms with Crippen LogP contribution in [0.5, 0.6) is 0 Å². The molecule has 0 radical (unpaired) electrons. The van der Waals surface area contributed by atoms with Crippen LogP contribution in [-0.2, 0) is 4.74 Å². The fraction of sp³-hybridized carbons (Fsp3) is 0.643. The Balaban J connectivity index is 1.99. The van der Waals surface area contributed by atoms with E-state index in [9.17, 15) is 4.79 Å². The Morgan fingerprint density at radius 2 is 2.26 bits per heavy atom. The first-order valence-corrected chi connectivity index (χ1v) is 6.76. The topological polar surface area (TPSA) is 71.7 Å². The molecule has 1 saturated heterocycles. The van der Waals surface area contributed by atoms with Crippen LogP contribution in [0.1, 0.15) is 35.4 Å². The highest BCUT2D eigenvalue weighted by atomic mass is 16.5. The van der Waals surface area contributed by atoms with Crippen LogP contribution in [0, 0.1) is 12.8 Å². The highest BCUT2D eigenvalue weighted by molar-refractivity contribution is 5.95. The Kier molecular flexibility index (Phi) is 4.99. The van der Waals surface area contributed by atoms with E-state index in [1.165, 1.54) is 6.26 Å². The second-order valence-electron chi connectivity index (χ2n) is 4.93. The minimum Gasteiger partial charge on any atom is -0.469 e. The van der Waals surface area contributed by atoms with Gasteiger partial charge in [0.25, 0.3) is 5.91 Å². The van der Waals surface area contributed by atoms with Gasteiger partial charge in [0.15, 0.2) is 0 Å². The average molecular weight is 267 g/mol. The molecule has 1 unspecified atom stereocenters. The van der Waals surface area contributed by atoms with E-state index in [0.29, 0.717) is 23.7 Å². The summed E-state index contributed by atoms with van der Waals surface area (Å²) >= 11 is 0. The Morgan fingerprint density at radius 3 is 2.84 bits per heavy atom. The first-order chi connectivity index (χ1) is 9.22. The molecule has 0 bridgehead atoms. The average Bonchev–Trinajstić information content (AvgIpc) is 2.85. The van der Waals surface area contributed by atoms with Crippen LogP contribution in [0.3, 0.4) is 0 Å². The minimum atomic E-state index is -0.129. The number of rotatable bonds is 5. The van der Waals surface area contributed by atoms with Crippen LogP contribution in [0.15, 0.2) is 16.7 Å². The molecule has 0 aliphatic carbocycles. The van der Waals surface area contributed by atoms with Gasteiger partial charge in [0, 0.05) is 25.9 Å². The Hall–Kier alpha value is -1.33. The van der Waals surface area contributed by atoms with Crippen molar-refractivity contribution >= 4 is 5.91 Å². The summed E-state index contributed by atoms with van der Waals surface area (Å²) in [5, 5.41) is 12.2. The number of nitrogens with one attached hydrogen (secondary N) is 1. The second kappa shape index (κ2) is 6.73. The van der Waals surface area contributed by atoms with Crippen molar-refractivity contribution in [3.63, 3.8) is 0 Å². The molecule has 1 atom stereocenters. The van der Waals surface area contributed by atoms with Gasteiger partial charge in [-0.25, -0.2) is 0 Å². The molecular weight excluding hydrogens is 246 g/mol. The summed E-state index contributed by atoms with van der Waals surface area (Å²) in [4.78, 5) is 12.2. The number of hydrogen-bond acceptors (Lipinski definition) is 4. The minimum absolute atomic E-state index is 0.00398. The van der Waals surface area contributed by atoms with Crippen molar-refractivity contribution in [1.29, 1.82) is 0 Å². The van der Waals surface area contributed by atoms with Crippen LogP contribution in [0.4, 0.5) is 0 Å². The molecular formula is C14H21NO4. The van der Waals surface area contributed by atoms with Gasteiger partial charge >= 0.3 is 0 Å². The summed E-state index contributed by atoms with van der Waals surface area (Å²) in [6.07, 6.45) is 3.94. The molecule has 2 heterocycles. The molecule has 5 nitrogen and oxygen atoms in total. The zero-order valence-corrected chi connectivity index (χ0v) is 11.2. The molecule has 0 aromatic carbocycles. The Morgan fingerprint density at radius 1 is 1.53 bits per heavy atom. The lowest BCUT2D eigenvalue weighted by atomic mass is 9.89. The maximum atomic E-state index is 12.2. The lowest BCUT2D eigenvalue weighted by Gasteiger charge is -2.30. The Labute approximate surface area is 112 Å². The monoisotopic (exact) mass is 267 g/mol. The molecule has 1 aliphatic rings. The maximum absolute atomic E-state index is 12.2. The van der Waals surface area contributed by atoms with Crippen molar-refractivity contribution in [2.24, 2.45) is 5.92 Å². The van der Waals surface area contributed by atoms with Crippen LogP contribution in [0.25, 0.3) is 0 Å². The molecule has 1 aromatic rings. The summed E-state index contributed by atoms with van der Waals surface area (Å²) < 4.78 is 10.5. The second-order valence-corrected chi connectivity index (χ2v) is 4.93. The normalized spacial score (nSPS) is 18.2. The van der Waals surface area contributed by atoms with Gasteiger partial charge < -0.3 is 19.6 Å². The lowest BCUT2D eigenvalue weighted by Crippen LogP contribution is -2.43. The number of amides is 1. The fourth-order valence-electron chi connectivity index (χ4n) is 2.55. The standard InChI is InChI=1S/C14H21NO4/c1-10-12(5-9-19-10)14(17)15-13(2-6-16)11-3-7-18-8-4-11/h5,9,11,13,16H,2-4,6-8H2,1H3,(H,15,17). The van der Waals surface area contributed by atoms with Crippen LogP contribution >= 0.6 is 0 Å². The molecule has 106 valence electrons. The first kappa shape index (κ1) is 14.1. The van der Waals surface area contributed by atoms with Crippen molar-refractivity contribution in [2.75, 3.05) is 19.8 Å². The molecule has 0 saturated carbocycles. The van der Waals surface area contributed by atoms with Crippen LogP contribution in [-0.4, -0.2) is 36.9 Å². The summed E-state index contributed by atoms with van der Waals surface area (Å²) in [6, 6.07) is 1.67. The van der Waals surface area contributed by atoms with Crippen LogP contribution < -0.4 is 5.32 Å². The van der Waals surface area contributed by atoms with E-state index in [0.717, 1.165) is 26.1 Å². The molecule has 19 heavy (non-hydrogen) atoms. The van der Waals surface area contributed by atoms with Gasteiger partial charge in [-0.2, -0.15) is 0 Å². The van der Waals surface area contributed by atoms with Gasteiger partial charge in [0.1, 0.15) is 5.76 Å². The number of aliphatic hydroxyl groups is 1. The van der Waals surface area contributed by atoms with Gasteiger partial charge in [-0.3, -0.25) is 4.79 Å². The van der Waals surface area contributed by atoms with E-state index >= 15 is 0 Å². The highest BCUT2D eigenvalue weighted by Crippen LogP contribution is 2.21. The van der Waals surface area contributed by atoms with Crippen molar-refractivity contribution < 1.29 is 19.1 Å². The fourth-order valence-corrected chi connectivity index (χ4v) is 2.55. The lowest BCUT2D eigenvalue weighted by molar-refractivity contribution is 0.0478. The number of aliphatic hydroxyl groups excluding tert-OH is 1. The van der Waals surface area contributed by atoms with Gasteiger partial charge in [-0.15, -0.1) is 0 Å². The van der Waals surface area contributed by atoms with E-state index in [4.69, 9.17) is 14.3 Å². The highest BCUT2D eigenvalue weighted by Gasteiger charge is 2.26. The van der Waals surface area contributed by atoms with E-state index in [1.54, 1.807) is 13.0 Å². The summed E-state index contributed by atoms with van der Waals surface area (Å²) in [6.45, 7) is 3.30. The summed E-state index contributed by atoms with van der Waals surface area (Å²) in [7, 11) is 0. The molecule has 0 spiro atoms. The van der Waals surface area contributed by atoms with Gasteiger partial charge in [0.2, 0.25) is 0 Å². The third-order valence-corrected chi connectivity index (χ3v) is 3.70. The van der Waals surface area contributed by atoms with E-state index < -0.39 is 0 Å². The molecule has 1 aromatic heterocycles. The number of aryl methyl sites for hydroxylation is 1.